The van der Waals surface area contributed by atoms with E-state index >= 15 is 0 Å². The van der Waals surface area contributed by atoms with E-state index in [2.05, 4.69) is 15.9 Å². The van der Waals surface area contributed by atoms with Gasteiger partial charge in [-0.25, -0.2) is 0 Å². The number of carboxylic acids is 1. The third kappa shape index (κ3) is 2.76. The van der Waals surface area contributed by atoms with Crippen molar-refractivity contribution in [1.29, 1.82) is 0 Å². The molecule has 0 aliphatic heterocycles. The van der Waals surface area contributed by atoms with Crippen molar-refractivity contribution >= 4 is 21.9 Å². The predicted molar refractivity (Wildman–Crippen MR) is 42.4 cm³/mol. The minimum Gasteiger partial charge on any atom is -0.481 e. The van der Waals surface area contributed by atoms with Crippen LogP contribution in [0.25, 0.3) is 0 Å². The zero-order valence-corrected chi connectivity index (χ0v) is 7.30. The van der Waals surface area contributed by atoms with Gasteiger partial charge in [0, 0.05) is 6.42 Å². The van der Waals surface area contributed by atoms with E-state index < -0.39 is 5.97 Å². The summed E-state index contributed by atoms with van der Waals surface area (Å²) >= 11 is 3.13. The highest BCUT2D eigenvalue weighted by atomic mass is 79.9. The normalized spacial score (nSPS) is 9.91. The third-order valence-electron chi connectivity index (χ3n) is 1.25. The Kier molecular flexibility index (Phi) is 2.70. The van der Waals surface area contributed by atoms with Crippen molar-refractivity contribution in [2.75, 3.05) is 0 Å². The number of carboxylic acid groups (broad SMARTS) is 1. The van der Waals surface area contributed by atoms with E-state index in [1.54, 1.807) is 12.3 Å². The van der Waals surface area contributed by atoms with Crippen LogP contribution in [0.2, 0.25) is 0 Å². The van der Waals surface area contributed by atoms with E-state index in [1.165, 1.54) is 0 Å². The second-order valence-electron chi connectivity index (χ2n) is 2.15. The minimum atomic E-state index is -0.790. The molecule has 0 saturated carbocycles. The van der Waals surface area contributed by atoms with Crippen molar-refractivity contribution in [2.45, 2.75) is 12.8 Å². The van der Waals surface area contributed by atoms with Crippen molar-refractivity contribution in [3.8, 4) is 0 Å². The Labute approximate surface area is 72.1 Å². The summed E-state index contributed by atoms with van der Waals surface area (Å²) < 4.78 is 5.56. The van der Waals surface area contributed by atoms with E-state index in [0.29, 0.717) is 11.1 Å². The van der Waals surface area contributed by atoms with Gasteiger partial charge >= 0.3 is 5.97 Å². The van der Waals surface area contributed by atoms with E-state index in [-0.39, 0.29) is 6.42 Å². The van der Waals surface area contributed by atoms with Gasteiger partial charge in [0.1, 0.15) is 0 Å². The van der Waals surface area contributed by atoms with Crippen molar-refractivity contribution in [3.05, 3.63) is 22.6 Å². The molecule has 0 atom stereocenters. The van der Waals surface area contributed by atoms with Crippen LogP contribution in [-0.4, -0.2) is 11.1 Å². The van der Waals surface area contributed by atoms with Gasteiger partial charge in [-0.3, -0.25) is 4.79 Å². The lowest BCUT2D eigenvalue weighted by atomic mass is 10.2. The summed E-state index contributed by atoms with van der Waals surface area (Å²) in [6.07, 6.45) is 2.21. The SMILES string of the molecule is O=C(O)CCc1coc(Br)c1. The van der Waals surface area contributed by atoms with E-state index in [4.69, 9.17) is 9.52 Å². The monoisotopic (exact) mass is 218 g/mol. The van der Waals surface area contributed by atoms with Gasteiger partial charge in [0.2, 0.25) is 0 Å². The number of rotatable bonds is 3. The molecule has 1 aromatic rings. The van der Waals surface area contributed by atoms with Gasteiger partial charge < -0.3 is 9.52 Å². The summed E-state index contributed by atoms with van der Waals surface area (Å²) in [6.45, 7) is 0. The van der Waals surface area contributed by atoms with Crippen LogP contribution in [-0.2, 0) is 11.2 Å². The third-order valence-corrected chi connectivity index (χ3v) is 1.67. The second kappa shape index (κ2) is 3.57. The van der Waals surface area contributed by atoms with Crippen molar-refractivity contribution < 1.29 is 14.3 Å². The lowest BCUT2D eigenvalue weighted by Crippen LogP contribution is -1.95. The number of furan rings is 1. The van der Waals surface area contributed by atoms with Gasteiger partial charge in [0.15, 0.2) is 4.67 Å². The number of hydrogen-bond donors (Lipinski definition) is 1. The molecule has 1 heterocycles. The number of halogens is 1. The molecule has 3 nitrogen and oxygen atoms in total. The molecule has 1 N–H and O–H groups in total. The summed E-state index contributed by atoms with van der Waals surface area (Å²) in [4.78, 5) is 10.1. The molecule has 0 aromatic carbocycles. The van der Waals surface area contributed by atoms with Crippen LogP contribution in [0, 0.1) is 0 Å². The minimum absolute atomic E-state index is 0.145. The largest absolute Gasteiger partial charge is 0.481 e. The lowest BCUT2D eigenvalue weighted by Gasteiger charge is -1.88. The topological polar surface area (TPSA) is 50.4 Å². The Morgan fingerprint density at radius 2 is 2.45 bits per heavy atom. The molecule has 1 aromatic heterocycles. The molecule has 0 aliphatic carbocycles. The standard InChI is InChI=1S/C7H7BrO3/c8-6-3-5(4-11-6)1-2-7(9)10/h3-4H,1-2H2,(H,9,10). The molecule has 60 valence electrons. The first kappa shape index (κ1) is 8.33. The Bertz CT molecular complexity index is 254. The molecule has 0 fully saturated rings. The average molecular weight is 219 g/mol. The first-order chi connectivity index (χ1) is 5.18. The van der Waals surface area contributed by atoms with E-state index in [9.17, 15) is 4.79 Å². The number of aryl methyl sites for hydroxylation is 1. The number of hydrogen-bond acceptors (Lipinski definition) is 2. The maximum Gasteiger partial charge on any atom is 0.303 e. The molecule has 4 heteroatoms. The molecule has 0 saturated heterocycles. The van der Waals surface area contributed by atoms with Gasteiger partial charge in [-0.2, -0.15) is 0 Å². The molecule has 0 bridgehead atoms. The number of carbonyl (C=O) groups is 1. The molecule has 0 unspecified atom stereocenters. The van der Waals surface area contributed by atoms with Crippen LogP contribution in [0.15, 0.2) is 21.4 Å². The molecular weight excluding hydrogens is 212 g/mol. The predicted octanol–water partition coefficient (Wildman–Crippen LogP) is 2.06. The highest BCUT2D eigenvalue weighted by Crippen LogP contribution is 2.14. The average Bonchev–Trinajstić information content (AvgIpc) is 2.31. The fourth-order valence-corrected chi connectivity index (χ4v) is 1.12. The fraction of sp³-hybridized carbons (Fsp3) is 0.286. The first-order valence-corrected chi connectivity index (χ1v) is 3.92. The van der Waals surface area contributed by atoms with Gasteiger partial charge in [0.05, 0.1) is 6.26 Å². The molecule has 11 heavy (non-hydrogen) atoms. The Morgan fingerprint density at radius 1 is 1.73 bits per heavy atom. The summed E-state index contributed by atoms with van der Waals surface area (Å²) in [5.74, 6) is -0.790. The summed E-state index contributed by atoms with van der Waals surface area (Å²) in [5.41, 5.74) is 0.902. The van der Waals surface area contributed by atoms with Gasteiger partial charge in [-0.1, -0.05) is 0 Å². The fourth-order valence-electron chi connectivity index (χ4n) is 0.728. The zero-order valence-electron chi connectivity index (χ0n) is 5.71. The maximum absolute atomic E-state index is 10.1. The lowest BCUT2D eigenvalue weighted by molar-refractivity contribution is -0.136. The van der Waals surface area contributed by atoms with Crippen molar-refractivity contribution in [3.63, 3.8) is 0 Å². The first-order valence-electron chi connectivity index (χ1n) is 3.13. The summed E-state index contributed by atoms with van der Waals surface area (Å²) in [5, 5.41) is 8.34. The molecular formula is C7H7BrO3. The molecule has 1 rings (SSSR count). The Balaban J connectivity index is 2.45. The van der Waals surface area contributed by atoms with E-state index in [1.807, 2.05) is 0 Å². The molecule has 0 radical (unpaired) electrons. The van der Waals surface area contributed by atoms with Crippen molar-refractivity contribution in [2.24, 2.45) is 0 Å². The Morgan fingerprint density at radius 3 is 2.91 bits per heavy atom. The smallest absolute Gasteiger partial charge is 0.303 e. The molecule has 0 aliphatic rings. The van der Waals surface area contributed by atoms with Crippen LogP contribution < -0.4 is 0 Å². The van der Waals surface area contributed by atoms with Gasteiger partial charge in [-0.05, 0) is 34.0 Å². The zero-order chi connectivity index (χ0) is 8.27. The second-order valence-corrected chi connectivity index (χ2v) is 2.93. The summed E-state index contributed by atoms with van der Waals surface area (Å²) in [6, 6.07) is 1.77. The quantitative estimate of drug-likeness (QED) is 0.846. The Hall–Kier alpha value is -0.770. The van der Waals surface area contributed by atoms with Crippen LogP contribution in [0.3, 0.4) is 0 Å². The van der Waals surface area contributed by atoms with Gasteiger partial charge in [-0.15, -0.1) is 0 Å². The number of aliphatic carboxylic acids is 1. The molecule has 0 spiro atoms. The van der Waals surface area contributed by atoms with Crippen molar-refractivity contribution in [1.82, 2.24) is 0 Å². The van der Waals surface area contributed by atoms with Crippen LogP contribution in [0.1, 0.15) is 12.0 Å². The van der Waals surface area contributed by atoms with Gasteiger partial charge in [0.25, 0.3) is 0 Å². The van der Waals surface area contributed by atoms with Crippen LogP contribution >= 0.6 is 15.9 Å². The highest BCUT2D eigenvalue weighted by Gasteiger charge is 2.01. The maximum atomic E-state index is 10.1. The highest BCUT2D eigenvalue weighted by molar-refractivity contribution is 9.10. The van der Waals surface area contributed by atoms with E-state index in [0.717, 1.165) is 5.56 Å². The summed E-state index contributed by atoms with van der Waals surface area (Å²) in [7, 11) is 0. The van der Waals surface area contributed by atoms with Crippen LogP contribution in [0.5, 0.6) is 0 Å². The molecule has 0 amide bonds. The van der Waals surface area contributed by atoms with Crippen LogP contribution in [0.4, 0.5) is 0 Å².